The quantitative estimate of drug-likeness (QED) is 0.837. The summed E-state index contributed by atoms with van der Waals surface area (Å²) in [5.41, 5.74) is 6.29. The number of anilines is 1. The maximum atomic E-state index is 13.5. The van der Waals surface area contributed by atoms with Crippen molar-refractivity contribution in [2.24, 2.45) is 12.8 Å². The largest absolute Gasteiger partial charge is 0.345 e. The van der Waals surface area contributed by atoms with Crippen LogP contribution in [-0.2, 0) is 7.05 Å². The van der Waals surface area contributed by atoms with E-state index >= 15 is 0 Å². The number of aromatic nitrogens is 1. The van der Waals surface area contributed by atoms with Gasteiger partial charge in [-0.25, -0.2) is 4.39 Å². The lowest BCUT2D eigenvalue weighted by Gasteiger charge is -2.07. The number of carbonyl (C=O) groups is 1. The Hall–Kier alpha value is -2.29. The van der Waals surface area contributed by atoms with Crippen LogP contribution >= 0.6 is 11.6 Å². The van der Waals surface area contributed by atoms with Crippen molar-refractivity contribution in [3.8, 4) is 11.8 Å². The molecule has 0 bridgehead atoms. The Bertz CT molecular complexity index is 743. The van der Waals surface area contributed by atoms with Gasteiger partial charge in [-0.2, -0.15) is 0 Å². The van der Waals surface area contributed by atoms with Crippen LogP contribution in [0.25, 0.3) is 0 Å². The predicted octanol–water partition coefficient (Wildman–Crippen LogP) is 2.38. The Balaban J connectivity index is 2.23. The molecule has 0 fully saturated rings. The molecule has 0 atom stereocenters. The molecular formula is C15H13ClFN3O. The molecule has 4 nitrogen and oxygen atoms in total. The molecule has 0 aliphatic carbocycles. The summed E-state index contributed by atoms with van der Waals surface area (Å²) >= 11 is 5.84. The van der Waals surface area contributed by atoms with Crippen LogP contribution in [0, 0.1) is 17.7 Å². The number of hydrogen-bond donors (Lipinski definition) is 2. The van der Waals surface area contributed by atoms with Crippen LogP contribution < -0.4 is 11.1 Å². The van der Waals surface area contributed by atoms with E-state index in [1.165, 1.54) is 18.2 Å². The van der Waals surface area contributed by atoms with Gasteiger partial charge in [0.2, 0.25) is 0 Å². The third kappa shape index (κ3) is 3.63. The zero-order valence-electron chi connectivity index (χ0n) is 11.3. The minimum atomic E-state index is -0.462. The number of amides is 1. The lowest BCUT2D eigenvalue weighted by atomic mass is 10.2. The number of nitrogens with two attached hydrogens (primary N) is 1. The van der Waals surface area contributed by atoms with E-state index in [1.807, 2.05) is 0 Å². The summed E-state index contributed by atoms with van der Waals surface area (Å²) in [6, 6.07) is 5.72. The molecular weight excluding hydrogens is 293 g/mol. The zero-order valence-corrected chi connectivity index (χ0v) is 12.0. The summed E-state index contributed by atoms with van der Waals surface area (Å²) in [5, 5.41) is 3.14. The van der Waals surface area contributed by atoms with Crippen LogP contribution in [-0.4, -0.2) is 17.0 Å². The first kappa shape index (κ1) is 15.1. The molecule has 2 aromatic rings. The summed E-state index contributed by atoms with van der Waals surface area (Å²) in [7, 11) is 1.71. The van der Waals surface area contributed by atoms with E-state index in [0.717, 1.165) is 0 Å². The Morgan fingerprint density at radius 3 is 2.86 bits per heavy atom. The monoisotopic (exact) mass is 305 g/mol. The highest BCUT2D eigenvalue weighted by Gasteiger charge is 2.12. The lowest BCUT2D eigenvalue weighted by Crippen LogP contribution is -2.15. The van der Waals surface area contributed by atoms with Crippen LogP contribution in [0.3, 0.4) is 0 Å². The fourth-order valence-electron chi connectivity index (χ4n) is 1.79. The van der Waals surface area contributed by atoms with Gasteiger partial charge in [0.15, 0.2) is 0 Å². The average Bonchev–Trinajstić information content (AvgIpc) is 2.78. The highest BCUT2D eigenvalue weighted by Crippen LogP contribution is 2.17. The number of hydrogen-bond acceptors (Lipinski definition) is 2. The van der Waals surface area contributed by atoms with Crippen molar-refractivity contribution >= 4 is 23.2 Å². The van der Waals surface area contributed by atoms with Crippen molar-refractivity contribution in [1.82, 2.24) is 4.57 Å². The van der Waals surface area contributed by atoms with E-state index < -0.39 is 5.82 Å². The molecule has 1 aromatic carbocycles. The third-order valence-electron chi connectivity index (χ3n) is 2.75. The number of rotatable bonds is 2. The molecule has 2 rings (SSSR count). The molecule has 0 saturated carbocycles. The van der Waals surface area contributed by atoms with Crippen LogP contribution in [0.1, 0.15) is 16.1 Å². The summed E-state index contributed by atoms with van der Waals surface area (Å²) in [6.45, 7) is 0.137. The first-order valence-electron chi connectivity index (χ1n) is 6.13. The topological polar surface area (TPSA) is 60.0 Å². The molecule has 1 heterocycles. The van der Waals surface area contributed by atoms with E-state index in [0.29, 0.717) is 16.4 Å². The maximum absolute atomic E-state index is 13.5. The van der Waals surface area contributed by atoms with Crippen LogP contribution in [0.4, 0.5) is 10.1 Å². The molecule has 1 amide bonds. The molecule has 6 heteroatoms. The Morgan fingerprint density at radius 1 is 1.48 bits per heavy atom. The van der Waals surface area contributed by atoms with E-state index in [2.05, 4.69) is 17.2 Å². The molecule has 0 unspecified atom stereocenters. The van der Waals surface area contributed by atoms with Gasteiger partial charge in [-0.05, 0) is 24.3 Å². The minimum Gasteiger partial charge on any atom is -0.345 e. The summed E-state index contributed by atoms with van der Waals surface area (Å²) < 4.78 is 15.2. The molecule has 108 valence electrons. The fourth-order valence-corrected chi connectivity index (χ4v) is 2.04. The smallest absolute Gasteiger partial charge is 0.272 e. The van der Waals surface area contributed by atoms with Gasteiger partial charge in [0.05, 0.1) is 17.1 Å². The van der Waals surface area contributed by atoms with Gasteiger partial charge >= 0.3 is 0 Å². The number of aryl methyl sites for hydroxylation is 1. The molecule has 0 aliphatic heterocycles. The highest BCUT2D eigenvalue weighted by molar-refractivity contribution is 6.31. The Kier molecular flexibility index (Phi) is 4.63. The fraction of sp³-hybridized carbons (Fsp3) is 0.133. The minimum absolute atomic E-state index is 0.137. The number of halogens is 2. The van der Waals surface area contributed by atoms with Crippen molar-refractivity contribution in [1.29, 1.82) is 0 Å². The molecule has 21 heavy (non-hydrogen) atoms. The van der Waals surface area contributed by atoms with Gasteiger partial charge < -0.3 is 15.6 Å². The Morgan fingerprint density at radius 2 is 2.24 bits per heavy atom. The second-order valence-corrected chi connectivity index (χ2v) is 4.75. The molecule has 0 saturated heterocycles. The predicted molar refractivity (Wildman–Crippen MR) is 80.7 cm³/mol. The Labute approximate surface area is 126 Å². The number of nitrogens with zero attached hydrogens (tertiary/aromatic N) is 1. The van der Waals surface area contributed by atoms with E-state index in [4.69, 9.17) is 17.3 Å². The SMILES string of the molecule is Cn1cc(Cl)cc1C(=O)Nc1ccc(F)c(C#CCN)c1. The summed E-state index contributed by atoms with van der Waals surface area (Å²) in [4.78, 5) is 12.1. The van der Waals surface area contributed by atoms with Crippen molar-refractivity contribution in [2.75, 3.05) is 11.9 Å². The van der Waals surface area contributed by atoms with Gasteiger partial charge in [-0.15, -0.1) is 0 Å². The van der Waals surface area contributed by atoms with Gasteiger partial charge in [0.1, 0.15) is 11.5 Å². The molecule has 3 N–H and O–H groups in total. The van der Waals surface area contributed by atoms with Crippen molar-refractivity contribution in [3.05, 3.63) is 52.6 Å². The first-order chi connectivity index (χ1) is 10.0. The summed E-state index contributed by atoms with van der Waals surface area (Å²) in [6.07, 6.45) is 1.62. The van der Waals surface area contributed by atoms with E-state index in [9.17, 15) is 9.18 Å². The number of benzene rings is 1. The van der Waals surface area contributed by atoms with Gasteiger partial charge in [-0.1, -0.05) is 23.4 Å². The zero-order chi connectivity index (χ0) is 15.4. The van der Waals surface area contributed by atoms with Crippen molar-refractivity contribution in [2.45, 2.75) is 0 Å². The number of carbonyl (C=O) groups excluding carboxylic acids is 1. The standard InChI is InChI=1S/C15H13ClFN3O/c1-20-9-11(16)8-14(20)15(21)19-12-4-5-13(17)10(7-12)3-2-6-18/h4-5,7-9H,6,18H2,1H3,(H,19,21). The van der Waals surface area contributed by atoms with E-state index in [-0.39, 0.29) is 18.0 Å². The van der Waals surface area contributed by atoms with Crippen LogP contribution in [0.2, 0.25) is 5.02 Å². The maximum Gasteiger partial charge on any atom is 0.272 e. The lowest BCUT2D eigenvalue weighted by molar-refractivity contribution is 0.101. The molecule has 0 aliphatic rings. The second kappa shape index (κ2) is 6.44. The van der Waals surface area contributed by atoms with Gasteiger partial charge in [0, 0.05) is 18.9 Å². The molecule has 0 radical (unpaired) electrons. The molecule has 1 aromatic heterocycles. The normalized spacial score (nSPS) is 9.90. The summed E-state index contributed by atoms with van der Waals surface area (Å²) in [5.74, 6) is 4.39. The first-order valence-corrected chi connectivity index (χ1v) is 6.50. The molecule has 0 spiro atoms. The second-order valence-electron chi connectivity index (χ2n) is 4.31. The average molecular weight is 306 g/mol. The van der Waals surface area contributed by atoms with E-state index in [1.54, 1.807) is 23.9 Å². The van der Waals surface area contributed by atoms with Gasteiger partial charge in [0.25, 0.3) is 5.91 Å². The van der Waals surface area contributed by atoms with Crippen LogP contribution in [0.15, 0.2) is 30.5 Å². The number of nitrogens with one attached hydrogen (secondary N) is 1. The highest BCUT2D eigenvalue weighted by atomic mass is 35.5. The third-order valence-corrected chi connectivity index (χ3v) is 2.96. The van der Waals surface area contributed by atoms with Crippen molar-refractivity contribution in [3.63, 3.8) is 0 Å². The van der Waals surface area contributed by atoms with Gasteiger partial charge in [-0.3, -0.25) is 4.79 Å². The van der Waals surface area contributed by atoms with Crippen molar-refractivity contribution < 1.29 is 9.18 Å². The van der Waals surface area contributed by atoms with Crippen LogP contribution in [0.5, 0.6) is 0 Å².